The molecule has 0 fully saturated rings. The third-order valence-corrected chi connectivity index (χ3v) is 4.14. The molecule has 1 aromatic rings. The fourth-order valence-corrected chi connectivity index (χ4v) is 2.53. The fourth-order valence-electron chi connectivity index (χ4n) is 1.96. The third-order valence-electron chi connectivity index (χ3n) is 3.34. The normalized spacial score (nSPS) is 14.4. The van der Waals surface area contributed by atoms with Crippen molar-refractivity contribution in [2.24, 2.45) is 5.92 Å². The van der Waals surface area contributed by atoms with Crippen LogP contribution in [0.3, 0.4) is 0 Å². The molecule has 1 aromatic carbocycles. The maximum absolute atomic E-state index is 3.69. The summed E-state index contributed by atoms with van der Waals surface area (Å²) < 4.78 is 0. The fraction of sp³-hybridized carbons (Fsp3) is 0.600. The minimum absolute atomic E-state index is 0.596. The van der Waals surface area contributed by atoms with Gasteiger partial charge in [0.2, 0.25) is 0 Å². The van der Waals surface area contributed by atoms with E-state index in [2.05, 4.69) is 56.6 Å². The summed E-state index contributed by atoms with van der Waals surface area (Å²) in [7, 11) is 0. The summed E-state index contributed by atoms with van der Waals surface area (Å²) in [4.78, 5) is 1.34. The lowest BCUT2D eigenvalue weighted by Crippen LogP contribution is -2.21. The van der Waals surface area contributed by atoms with Crippen LogP contribution in [0.4, 0.5) is 5.69 Å². The Labute approximate surface area is 110 Å². The highest BCUT2D eigenvalue weighted by Crippen LogP contribution is 2.26. The highest BCUT2D eigenvalue weighted by atomic mass is 32.2. The molecule has 1 N–H and O–H groups in total. The first-order chi connectivity index (χ1) is 8.21. The van der Waals surface area contributed by atoms with Crippen molar-refractivity contribution in [3.63, 3.8) is 0 Å². The summed E-state index contributed by atoms with van der Waals surface area (Å²) in [6, 6.07) is 9.18. The molecule has 0 heterocycles. The SMILES string of the molecule is CCC(C)CC(CC)Nc1ccccc1SC. The van der Waals surface area contributed by atoms with Gasteiger partial charge in [0.25, 0.3) is 0 Å². The van der Waals surface area contributed by atoms with E-state index in [0.29, 0.717) is 6.04 Å². The molecule has 2 unspecified atom stereocenters. The van der Waals surface area contributed by atoms with E-state index in [-0.39, 0.29) is 0 Å². The zero-order valence-electron chi connectivity index (χ0n) is 11.5. The Kier molecular flexibility index (Phi) is 6.49. The van der Waals surface area contributed by atoms with Crippen LogP contribution in [0.25, 0.3) is 0 Å². The minimum atomic E-state index is 0.596. The molecular formula is C15H25NS. The summed E-state index contributed by atoms with van der Waals surface area (Å²) in [6.45, 7) is 6.87. The number of hydrogen-bond acceptors (Lipinski definition) is 2. The van der Waals surface area contributed by atoms with E-state index in [1.807, 2.05) is 11.8 Å². The van der Waals surface area contributed by atoms with E-state index in [1.165, 1.54) is 29.8 Å². The van der Waals surface area contributed by atoms with Crippen LogP contribution in [-0.2, 0) is 0 Å². The molecule has 17 heavy (non-hydrogen) atoms. The van der Waals surface area contributed by atoms with Crippen molar-refractivity contribution in [3.05, 3.63) is 24.3 Å². The van der Waals surface area contributed by atoms with Gasteiger partial charge in [-0.25, -0.2) is 0 Å². The number of rotatable bonds is 7. The van der Waals surface area contributed by atoms with Gasteiger partial charge in [-0.15, -0.1) is 11.8 Å². The van der Waals surface area contributed by atoms with E-state index in [9.17, 15) is 0 Å². The summed E-state index contributed by atoms with van der Waals surface area (Å²) in [5, 5.41) is 3.69. The maximum atomic E-state index is 3.69. The second-order valence-corrected chi connectivity index (χ2v) is 5.55. The van der Waals surface area contributed by atoms with Crippen molar-refractivity contribution < 1.29 is 0 Å². The highest BCUT2D eigenvalue weighted by Gasteiger charge is 2.11. The molecular weight excluding hydrogens is 226 g/mol. The molecule has 0 aromatic heterocycles. The second kappa shape index (κ2) is 7.65. The monoisotopic (exact) mass is 251 g/mol. The predicted octanol–water partition coefficient (Wildman–Crippen LogP) is 5.04. The molecule has 1 nitrogen and oxygen atoms in total. The summed E-state index contributed by atoms with van der Waals surface area (Å²) in [5.74, 6) is 0.800. The van der Waals surface area contributed by atoms with Crippen LogP contribution < -0.4 is 5.32 Å². The number of hydrogen-bond donors (Lipinski definition) is 1. The molecule has 0 amide bonds. The van der Waals surface area contributed by atoms with E-state index in [0.717, 1.165) is 5.92 Å². The zero-order valence-corrected chi connectivity index (χ0v) is 12.3. The molecule has 1 rings (SSSR count). The van der Waals surface area contributed by atoms with Crippen LogP contribution in [0.1, 0.15) is 40.0 Å². The topological polar surface area (TPSA) is 12.0 Å². The second-order valence-electron chi connectivity index (χ2n) is 4.70. The minimum Gasteiger partial charge on any atom is -0.381 e. The van der Waals surface area contributed by atoms with Crippen molar-refractivity contribution in [2.45, 2.75) is 51.0 Å². The van der Waals surface area contributed by atoms with Gasteiger partial charge in [-0.2, -0.15) is 0 Å². The van der Waals surface area contributed by atoms with Gasteiger partial charge in [-0.1, -0.05) is 39.3 Å². The first-order valence-corrected chi connectivity index (χ1v) is 7.83. The van der Waals surface area contributed by atoms with E-state index < -0.39 is 0 Å². The van der Waals surface area contributed by atoms with Crippen LogP contribution in [-0.4, -0.2) is 12.3 Å². The molecule has 2 atom stereocenters. The van der Waals surface area contributed by atoms with Crippen molar-refractivity contribution in [1.29, 1.82) is 0 Å². The van der Waals surface area contributed by atoms with Crippen molar-refractivity contribution in [1.82, 2.24) is 0 Å². The molecule has 0 radical (unpaired) electrons. The lowest BCUT2D eigenvalue weighted by atomic mass is 9.97. The van der Waals surface area contributed by atoms with Crippen LogP contribution >= 0.6 is 11.8 Å². The predicted molar refractivity (Wildman–Crippen MR) is 80.0 cm³/mol. The standard InChI is InChI=1S/C15H25NS/c1-5-12(3)11-13(6-2)16-14-9-7-8-10-15(14)17-4/h7-10,12-13,16H,5-6,11H2,1-4H3. The van der Waals surface area contributed by atoms with Gasteiger partial charge < -0.3 is 5.32 Å². The van der Waals surface area contributed by atoms with E-state index >= 15 is 0 Å². The van der Waals surface area contributed by atoms with E-state index in [4.69, 9.17) is 0 Å². The molecule has 96 valence electrons. The highest BCUT2D eigenvalue weighted by molar-refractivity contribution is 7.98. The molecule has 0 aliphatic carbocycles. The number of nitrogens with one attached hydrogen (secondary N) is 1. The quantitative estimate of drug-likeness (QED) is 0.682. The van der Waals surface area contributed by atoms with Gasteiger partial charge in [0.1, 0.15) is 0 Å². The Morgan fingerprint density at radius 3 is 2.47 bits per heavy atom. The Morgan fingerprint density at radius 2 is 1.88 bits per heavy atom. The lowest BCUT2D eigenvalue weighted by molar-refractivity contribution is 0.461. The van der Waals surface area contributed by atoms with Crippen LogP contribution in [0.5, 0.6) is 0 Å². The Morgan fingerprint density at radius 1 is 1.18 bits per heavy atom. The zero-order chi connectivity index (χ0) is 12.7. The largest absolute Gasteiger partial charge is 0.381 e. The Balaban J connectivity index is 2.66. The first-order valence-electron chi connectivity index (χ1n) is 6.60. The Hall–Kier alpha value is -0.630. The van der Waals surface area contributed by atoms with Gasteiger partial charge in [-0.3, -0.25) is 0 Å². The Bertz CT molecular complexity index is 324. The van der Waals surface area contributed by atoms with Crippen molar-refractivity contribution >= 4 is 17.4 Å². The number of anilines is 1. The number of para-hydroxylation sites is 1. The van der Waals surface area contributed by atoms with Crippen LogP contribution in [0.15, 0.2) is 29.2 Å². The lowest BCUT2D eigenvalue weighted by Gasteiger charge is -2.22. The van der Waals surface area contributed by atoms with Crippen molar-refractivity contribution in [3.8, 4) is 0 Å². The van der Waals surface area contributed by atoms with Gasteiger partial charge in [0.05, 0.1) is 0 Å². The number of thioether (sulfide) groups is 1. The molecule has 0 spiro atoms. The molecule has 2 heteroatoms. The molecule has 0 bridgehead atoms. The van der Waals surface area contributed by atoms with Crippen LogP contribution in [0.2, 0.25) is 0 Å². The molecule has 0 aliphatic heterocycles. The molecule has 0 aliphatic rings. The van der Waals surface area contributed by atoms with Gasteiger partial charge in [-0.05, 0) is 37.1 Å². The van der Waals surface area contributed by atoms with Crippen LogP contribution in [0, 0.1) is 5.92 Å². The smallest absolute Gasteiger partial charge is 0.0480 e. The maximum Gasteiger partial charge on any atom is 0.0480 e. The summed E-state index contributed by atoms with van der Waals surface area (Å²) in [6.07, 6.45) is 5.85. The summed E-state index contributed by atoms with van der Waals surface area (Å²) in [5.41, 5.74) is 1.29. The molecule has 0 saturated heterocycles. The number of benzene rings is 1. The average Bonchev–Trinajstić information content (AvgIpc) is 2.38. The van der Waals surface area contributed by atoms with Gasteiger partial charge in [0, 0.05) is 16.6 Å². The average molecular weight is 251 g/mol. The van der Waals surface area contributed by atoms with E-state index in [1.54, 1.807) is 0 Å². The molecule has 0 saturated carbocycles. The summed E-state index contributed by atoms with van der Waals surface area (Å²) >= 11 is 1.81. The van der Waals surface area contributed by atoms with Crippen molar-refractivity contribution in [2.75, 3.05) is 11.6 Å². The van der Waals surface area contributed by atoms with Gasteiger partial charge in [0.15, 0.2) is 0 Å². The van der Waals surface area contributed by atoms with Gasteiger partial charge >= 0.3 is 0 Å². The first kappa shape index (κ1) is 14.4. The third kappa shape index (κ3) is 4.63.